The van der Waals surface area contributed by atoms with Gasteiger partial charge in [0.25, 0.3) is 0 Å². The lowest BCUT2D eigenvalue weighted by molar-refractivity contribution is 0.216. The highest BCUT2D eigenvalue weighted by atomic mass is 19.2. The lowest BCUT2D eigenvalue weighted by Crippen LogP contribution is -2.29. The monoisotopic (exact) mass is 294 g/mol. The molecular formula is C14H13BF2O4. The van der Waals surface area contributed by atoms with Gasteiger partial charge in [-0.05, 0) is 29.7 Å². The molecule has 2 aromatic carbocycles. The van der Waals surface area contributed by atoms with Gasteiger partial charge in [0, 0.05) is 6.07 Å². The third kappa shape index (κ3) is 4.44. The van der Waals surface area contributed by atoms with E-state index in [9.17, 15) is 8.78 Å². The van der Waals surface area contributed by atoms with Crippen molar-refractivity contribution in [1.29, 1.82) is 0 Å². The summed E-state index contributed by atoms with van der Waals surface area (Å²) < 4.78 is 36.2. The van der Waals surface area contributed by atoms with E-state index in [0.29, 0.717) is 11.2 Å². The zero-order chi connectivity index (χ0) is 15.2. The van der Waals surface area contributed by atoms with Crippen LogP contribution in [0.15, 0.2) is 42.5 Å². The van der Waals surface area contributed by atoms with Gasteiger partial charge < -0.3 is 19.5 Å². The summed E-state index contributed by atoms with van der Waals surface area (Å²) in [6, 6.07) is 9.51. The molecule has 0 bridgehead atoms. The molecule has 0 unspecified atom stereocenters. The molecule has 0 aliphatic carbocycles. The normalized spacial score (nSPS) is 10.3. The van der Waals surface area contributed by atoms with E-state index in [1.807, 2.05) is 0 Å². The van der Waals surface area contributed by atoms with Gasteiger partial charge in [0.2, 0.25) is 0 Å². The van der Waals surface area contributed by atoms with Gasteiger partial charge in [0.15, 0.2) is 11.6 Å². The highest BCUT2D eigenvalue weighted by Crippen LogP contribution is 2.15. The molecule has 0 saturated heterocycles. The minimum absolute atomic E-state index is 0.162. The lowest BCUT2D eigenvalue weighted by Gasteiger charge is -2.09. The minimum atomic E-state index is -1.52. The summed E-state index contributed by atoms with van der Waals surface area (Å²) in [5.74, 6) is -1.14. The topological polar surface area (TPSA) is 58.9 Å². The molecule has 0 saturated carbocycles. The number of hydrogen-bond acceptors (Lipinski definition) is 4. The maximum Gasteiger partial charge on any atom is 0.488 e. The molecule has 2 N–H and O–H groups in total. The van der Waals surface area contributed by atoms with Crippen LogP contribution in [0.4, 0.5) is 8.78 Å². The van der Waals surface area contributed by atoms with Crippen LogP contribution in [0.3, 0.4) is 0 Å². The van der Waals surface area contributed by atoms with E-state index >= 15 is 0 Å². The van der Waals surface area contributed by atoms with Crippen molar-refractivity contribution in [3.05, 3.63) is 54.1 Å². The molecule has 0 heterocycles. The van der Waals surface area contributed by atoms with E-state index in [2.05, 4.69) is 0 Å². The van der Waals surface area contributed by atoms with Crippen molar-refractivity contribution >= 4 is 12.6 Å². The summed E-state index contributed by atoms with van der Waals surface area (Å²) in [5.41, 5.74) is 0.361. The van der Waals surface area contributed by atoms with Crippen LogP contribution in [0, 0.1) is 11.6 Å². The number of rotatable bonds is 6. The highest BCUT2D eigenvalue weighted by Gasteiger charge is 2.09. The largest absolute Gasteiger partial charge is 0.490 e. The Hall–Kier alpha value is -2.12. The third-order valence-corrected chi connectivity index (χ3v) is 2.69. The van der Waals surface area contributed by atoms with Crippen LogP contribution in [-0.2, 0) is 0 Å². The maximum absolute atomic E-state index is 12.9. The molecular weight excluding hydrogens is 281 g/mol. The molecule has 0 fully saturated rings. The second-order valence-electron chi connectivity index (χ2n) is 4.22. The van der Waals surface area contributed by atoms with Crippen LogP contribution >= 0.6 is 0 Å². The average Bonchev–Trinajstić information content (AvgIpc) is 2.47. The second-order valence-corrected chi connectivity index (χ2v) is 4.22. The van der Waals surface area contributed by atoms with Gasteiger partial charge in [-0.25, -0.2) is 8.78 Å². The predicted molar refractivity (Wildman–Crippen MR) is 73.6 cm³/mol. The van der Waals surface area contributed by atoms with Gasteiger partial charge in [0.05, 0.1) is 0 Å². The van der Waals surface area contributed by atoms with Crippen molar-refractivity contribution in [1.82, 2.24) is 0 Å². The van der Waals surface area contributed by atoms with E-state index in [4.69, 9.17) is 19.5 Å². The Morgan fingerprint density at radius 3 is 1.95 bits per heavy atom. The first kappa shape index (κ1) is 15.3. The van der Waals surface area contributed by atoms with Gasteiger partial charge in [0.1, 0.15) is 24.7 Å². The Balaban J connectivity index is 1.77. The quantitative estimate of drug-likeness (QED) is 0.619. The van der Waals surface area contributed by atoms with E-state index in [-0.39, 0.29) is 19.0 Å². The molecule has 2 aromatic rings. The predicted octanol–water partition coefficient (Wildman–Crippen LogP) is 1.10. The summed E-state index contributed by atoms with van der Waals surface area (Å²) in [6.07, 6.45) is 0. The molecule has 21 heavy (non-hydrogen) atoms. The zero-order valence-electron chi connectivity index (χ0n) is 11.0. The van der Waals surface area contributed by atoms with Gasteiger partial charge in [-0.2, -0.15) is 0 Å². The van der Waals surface area contributed by atoms with Crippen molar-refractivity contribution in [3.8, 4) is 11.5 Å². The maximum atomic E-state index is 12.9. The van der Waals surface area contributed by atoms with Gasteiger partial charge in [-0.3, -0.25) is 0 Å². The summed E-state index contributed by atoms with van der Waals surface area (Å²) in [4.78, 5) is 0. The SMILES string of the molecule is OB(O)c1ccc(OCCOc2ccc(F)c(F)c2)cc1. The minimum Gasteiger partial charge on any atom is -0.490 e. The van der Waals surface area contributed by atoms with Crippen molar-refractivity contribution in [2.75, 3.05) is 13.2 Å². The Labute approximate surface area is 120 Å². The second kappa shape index (κ2) is 7.05. The van der Waals surface area contributed by atoms with Crippen LogP contribution in [0.1, 0.15) is 0 Å². The first-order valence-corrected chi connectivity index (χ1v) is 6.23. The summed E-state index contributed by atoms with van der Waals surface area (Å²) in [6.45, 7) is 0.371. The fourth-order valence-corrected chi connectivity index (χ4v) is 1.62. The Bertz CT molecular complexity index is 590. The number of halogens is 2. The number of hydrogen-bond donors (Lipinski definition) is 2. The Morgan fingerprint density at radius 2 is 1.38 bits per heavy atom. The highest BCUT2D eigenvalue weighted by molar-refractivity contribution is 6.58. The van der Waals surface area contributed by atoms with Crippen LogP contribution in [0.2, 0.25) is 0 Å². The summed E-state index contributed by atoms with van der Waals surface area (Å²) in [5, 5.41) is 17.9. The zero-order valence-corrected chi connectivity index (χ0v) is 11.0. The van der Waals surface area contributed by atoms with E-state index < -0.39 is 18.8 Å². The molecule has 0 amide bonds. The van der Waals surface area contributed by atoms with Gasteiger partial charge in [-0.15, -0.1) is 0 Å². The molecule has 0 aliphatic heterocycles. The molecule has 0 spiro atoms. The summed E-state index contributed by atoms with van der Waals surface area (Å²) in [7, 11) is -1.52. The Morgan fingerprint density at radius 1 is 0.810 bits per heavy atom. The molecule has 0 atom stereocenters. The molecule has 4 nitrogen and oxygen atoms in total. The average molecular weight is 294 g/mol. The fourth-order valence-electron chi connectivity index (χ4n) is 1.62. The molecule has 2 rings (SSSR count). The first-order chi connectivity index (χ1) is 10.1. The lowest BCUT2D eigenvalue weighted by atomic mass is 9.80. The molecule has 0 aliphatic rings. The van der Waals surface area contributed by atoms with Crippen LogP contribution < -0.4 is 14.9 Å². The van der Waals surface area contributed by atoms with Gasteiger partial charge in [-0.1, -0.05) is 12.1 Å². The first-order valence-electron chi connectivity index (χ1n) is 6.23. The smallest absolute Gasteiger partial charge is 0.488 e. The fraction of sp³-hybridized carbons (Fsp3) is 0.143. The summed E-state index contributed by atoms with van der Waals surface area (Å²) >= 11 is 0. The van der Waals surface area contributed by atoms with Crippen molar-refractivity contribution in [2.45, 2.75) is 0 Å². The van der Waals surface area contributed by atoms with Crippen LogP contribution in [0.5, 0.6) is 11.5 Å². The van der Waals surface area contributed by atoms with Crippen LogP contribution in [-0.4, -0.2) is 30.4 Å². The van der Waals surface area contributed by atoms with Gasteiger partial charge >= 0.3 is 7.12 Å². The molecule has 110 valence electrons. The third-order valence-electron chi connectivity index (χ3n) is 2.69. The van der Waals surface area contributed by atoms with Crippen LogP contribution in [0.25, 0.3) is 0 Å². The Kier molecular flexibility index (Phi) is 5.13. The number of ether oxygens (including phenoxy) is 2. The van der Waals surface area contributed by atoms with E-state index in [0.717, 1.165) is 12.1 Å². The standard InChI is InChI=1S/C14H13BF2O4/c16-13-6-5-12(9-14(13)17)21-8-7-20-11-3-1-10(2-4-11)15(18)19/h1-6,9,18-19H,7-8H2. The van der Waals surface area contributed by atoms with E-state index in [1.54, 1.807) is 12.1 Å². The van der Waals surface area contributed by atoms with Crippen molar-refractivity contribution < 1.29 is 28.3 Å². The number of benzene rings is 2. The van der Waals surface area contributed by atoms with E-state index in [1.165, 1.54) is 18.2 Å². The molecule has 0 radical (unpaired) electrons. The van der Waals surface area contributed by atoms with Crippen molar-refractivity contribution in [2.24, 2.45) is 0 Å². The molecule has 7 heteroatoms. The molecule has 0 aromatic heterocycles. The van der Waals surface area contributed by atoms with Crippen molar-refractivity contribution in [3.63, 3.8) is 0 Å².